The summed E-state index contributed by atoms with van der Waals surface area (Å²) in [6.45, 7) is 3.20. The second-order valence-electron chi connectivity index (χ2n) is 10.4. The van der Waals surface area contributed by atoms with Crippen LogP contribution in [0, 0.1) is 11.3 Å². The number of nitrogens with zero attached hydrogens (tertiary/aromatic N) is 3. The van der Waals surface area contributed by atoms with Crippen molar-refractivity contribution in [2.24, 2.45) is 11.3 Å². The first-order valence-corrected chi connectivity index (χ1v) is 12.8. The van der Waals surface area contributed by atoms with Crippen molar-refractivity contribution in [2.45, 2.75) is 76.6 Å². The van der Waals surface area contributed by atoms with E-state index in [-0.39, 0.29) is 5.82 Å². The van der Waals surface area contributed by atoms with Gasteiger partial charge in [0.25, 0.3) is 0 Å². The lowest BCUT2D eigenvalue weighted by molar-refractivity contribution is -0.141. The molecule has 1 saturated carbocycles. The van der Waals surface area contributed by atoms with E-state index in [4.69, 9.17) is 0 Å². The SMILES string of the molecule is FC(F)(F)c1ccc(CCCCCCC23CC2CN(CCCCc2nccc(C(F)(F)F)n2)C3)cc1. The molecule has 0 spiro atoms. The molecule has 9 heteroatoms. The topological polar surface area (TPSA) is 29.0 Å². The second-order valence-corrected chi connectivity index (χ2v) is 10.4. The molecule has 2 unspecified atom stereocenters. The van der Waals surface area contributed by atoms with E-state index in [9.17, 15) is 26.3 Å². The highest BCUT2D eigenvalue weighted by atomic mass is 19.4. The molecule has 1 aromatic carbocycles. The molecule has 2 heterocycles. The summed E-state index contributed by atoms with van der Waals surface area (Å²) in [6, 6.07) is 6.38. The molecular formula is C27H33F6N3. The zero-order valence-corrected chi connectivity index (χ0v) is 20.3. The number of fused-ring (bicyclic) bond motifs is 1. The van der Waals surface area contributed by atoms with E-state index in [1.54, 1.807) is 12.1 Å². The van der Waals surface area contributed by atoms with Crippen molar-refractivity contribution >= 4 is 0 Å². The van der Waals surface area contributed by atoms with Crippen LogP contribution in [0.3, 0.4) is 0 Å². The number of hydrogen-bond donors (Lipinski definition) is 0. The van der Waals surface area contributed by atoms with E-state index in [1.165, 1.54) is 25.5 Å². The number of rotatable bonds is 12. The Bertz CT molecular complexity index is 988. The van der Waals surface area contributed by atoms with Crippen LogP contribution in [0.15, 0.2) is 36.5 Å². The Labute approximate surface area is 208 Å². The van der Waals surface area contributed by atoms with Gasteiger partial charge in [0.2, 0.25) is 0 Å². The number of likely N-dealkylation sites (tertiary alicyclic amines) is 1. The van der Waals surface area contributed by atoms with Gasteiger partial charge < -0.3 is 4.90 Å². The maximum atomic E-state index is 12.8. The van der Waals surface area contributed by atoms with Gasteiger partial charge in [0.1, 0.15) is 11.5 Å². The second kappa shape index (κ2) is 11.1. The summed E-state index contributed by atoms with van der Waals surface area (Å²) in [6.07, 6.45) is 2.36. The first kappa shape index (κ1) is 26.9. The molecule has 198 valence electrons. The van der Waals surface area contributed by atoms with E-state index in [0.717, 1.165) is 87.8 Å². The molecule has 0 bridgehead atoms. The van der Waals surface area contributed by atoms with Crippen LogP contribution in [0.4, 0.5) is 26.3 Å². The maximum Gasteiger partial charge on any atom is 0.433 e. The highest BCUT2D eigenvalue weighted by Crippen LogP contribution is 2.60. The Morgan fingerprint density at radius 3 is 2.28 bits per heavy atom. The number of benzene rings is 1. The summed E-state index contributed by atoms with van der Waals surface area (Å²) >= 11 is 0. The Balaban J connectivity index is 1.07. The Morgan fingerprint density at radius 2 is 1.56 bits per heavy atom. The molecule has 1 aliphatic heterocycles. The molecule has 4 rings (SSSR count). The number of aryl methyl sites for hydroxylation is 2. The Morgan fingerprint density at radius 1 is 0.833 bits per heavy atom. The predicted molar refractivity (Wildman–Crippen MR) is 125 cm³/mol. The maximum absolute atomic E-state index is 12.8. The average molecular weight is 514 g/mol. The lowest BCUT2D eigenvalue weighted by Gasteiger charge is -2.20. The third-order valence-corrected chi connectivity index (χ3v) is 7.67. The van der Waals surface area contributed by atoms with Gasteiger partial charge in [-0.2, -0.15) is 26.3 Å². The van der Waals surface area contributed by atoms with Crippen molar-refractivity contribution < 1.29 is 26.3 Å². The summed E-state index contributed by atoms with van der Waals surface area (Å²) in [7, 11) is 0. The van der Waals surface area contributed by atoms with Crippen LogP contribution in [-0.2, 0) is 25.2 Å². The Kier molecular flexibility index (Phi) is 8.27. The molecular weight excluding hydrogens is 480 g/mol. The number of aromatic nitrogens is 2. The standard InChI is InChI=1S/C27H33F6N3/c28-26(29,30)21-11-9-20(10-12-21)7-3-1-2-5-14-25-17-22(25)18-36(19-25)16-6-4-8-24-34-15-13-23(35-24)27(31,32)33/h9-13,15,22H,1-8,14,16-19H2. The molecule has 36 heavy (non-hydrogen) atoms. The summed E-state index contributed by atoms with van der Waals surface area (Å²) in [4.78, 5) is 10.1. The lowest BCUT2D eigenvalue weighted by atomic mass is 9.96. The van der Waals surface area contributed by atoms with Crippen LogP contribution in [0.2, 0.25) is 0 Å². The zero-order chi connectivity index (χ0) is 25.8. The van der Waals surface area contributed by atoms with E-state index < -0.39 is 23.6 Å². The van der Waals surface area contributed by atoms with Gasteiger partial charge in [0, 0.05) is 25.7 Å². The molecule has 2 atom stereocenters. The normalized spacial score (nSPS) is 22.1. The van der Waals surface area contributed by atoms with Gasteiger partial charge >= 0.3 is 12.4 Å². The predicted octanol–water partition coefficient (Wildman–Crippen LogP) is 7.35. The lowest BCUT2D eigenvalue weighted by Crippen LogP contribution is -2.26. The van der Waals surface area contributed by atoms with Crippen molar-refractivity contribution in [3.63, 3.8) is 0 Å². The molecule has 1 aromatic heterocycles. The number of alkyl halides is 6. The largest absolute Gasteiger partial charge is 0.433 e. The van der Waals surface area contributed by atoms with E-state index in [2.05, 4.69) is 14.9 Å². The molecule has 1 aliphatic carbocycles. The minimum atomic E-state index is -4.44. The third-order valence-electron chi connectivity index (χ3n) is 7.67. The van der Waals surface area contributed by atoms with Gasteiger partial charge in [0.05, 0.1) is 5.56 Å². The van der Waals surface area contributed by atoms with E-state index in [0.29, 0.717) is 11.8 Å². The average Bonchev–Trinajstić information content (AvgIpc) is 3.38. The highest BCUT2D eigenvalue weighted by molar-refractivity contribution is 5.24. The van der Waals surface area contributed by atoms with Gasteiger partial charge in [-0.1, -0.05) is 31.4 Å². The number of piperidine rings is 1. The number of unbranched alkanes of at least 4 members (excludes halogenated alkanes) is 4. The molecule has 2 aliphatic rings. The van der Waals surface area contributed by atoms with Gasteiger partial charge in [-0.05, 0) is 80.2 Å². The van der Waals surface area contributed by atoms with Crippen molar-refractivity contribution in [1.82, 2.24) is 14.9 Å². The fourth-order valence-electron chi connectivity index (χ4n) is 5.58. The van der Waals surface area contributed by atoms with Crippen molar-refractivity contribution in [3.05, 3.63) is 59.2 Å². The molecule has 2 aromatic rings. The fourth-order valence-corrected chi connectivity index (χ4v) is 5.58. The first-order valence-electron chi connectivity index (χ1n) is 12.8. The summed E-state index contributed by atoms with van der Waals surface area (Å²) in [5, 5.41) is 0. The van der Waals surface area contributed by atoms with Crippen LogP contribution < -0.4 is 0 Å². The molecule has 0 radical (unpaired) electrons. The monoisotopic (exact) mass is 513 g/mol. The summed E-state index contributed by atoms with van der Waals surface area (Å²) in [5.41, 5.74) is -0.0687. The van der Waals surface area contributed by atoms with Gasteiger partial charge in [-0.15, -0.1) is 0 Å². The summed E-state index contributed by atoms with van der Waals surface area (Å²) < 4.78 is 76.3. The van der Waals surface area contributed by atoms with Crippen LogP contribution in [0.5, 0.6) is 0 Å². The fraction of sp³-hybridized carbons (Fsp3) is 0.630. The van der Waals surface area contributed by atoms with E-state index >= 15 is 0 Å². The van der Waals surface area contributed by atoms with Gasteiger partial charge in [0.15, 0.2) is 0 Å². The number of hydrogen-bond acceptors (Lipinski definition) is 3. The van der Waals surface area contributed by atoms with Gasteiger partial charge in [-0.3, -0.25) is 0 Å². The van der Waals surface area contributed by atoms with Gasteiger partial charge in [-0.25, -0.2) is 9.97 Å². The molecule has 0 N–H and O–H groups in total. The minimum absolute atomic E-state index is 0.254. The first-order chi connectivity index (χ1) is 17.1. The van der Waals surface area contributed by atoms with Crippen LogP contribution >= 0.6 is 0 Å². The van der Waals surface area contributed by atoms with E-state index in [1.807, 2.05) is 0 Å². The van der Waals surface area contributed by atoms with Crippen LogP contribution in [0.1, 0.15) is 74.0 Å². The number of halogens is 6. The molecule has 3 nitrogen and oxygen atoms in total. The smallest absolute Gasteiger partial charge is 0.302 e. The quantitative estimate of drug-likeness (QED) is 0.219. The van der Waals surface area contributed by atoms with Crippen LogP contribution in [-0.4, -0.2) is 34.5 Å². The zero-order valence-electron chi connectivity index (χ0n) is 20.3. The van der Waals surface area contributed by atoms with Crippen molar-refractivity contribution in [1.29, 1.82) is 0 Å². The molecule has 2 fully saturated rings. The third kappa shape index (κ3) is 7.20. The molecule has 1 saturated heterocycles. The van der Waals surface area contributed by atoms with Crippen molar-refractivity contribution in [2.75, 3.05) is 19.6 Å². The summed E-state index contributed by atoms with van der Waals surface area (Å²) in [5.74, 6) is 1.03. The highest BCUT2D eigenvalue weighted by Gasteiger charge is 2.58. The minimum Gasteiger partial charge on any atom is -0.302 e. The van der Waals surface area contributed by atoms with Crippen molar-refractivity contribution in [3.8, 4) is 0 Å². The molecule has 0 amide bonds. The Hall–Kier alpha value is -2.16. The van der Waals surface area contributed by atoms with Crippen LogP contribution in [0.25, 0.3) is 0 Å².